The zero-order valence-corrected chi connectivity index (χ0v) is 10.8. The third kappa shape index (κ3) is 4.07. The minimum absolute atomic E-state index is 0.0253. The van der Waals surface area contributed by atoms with E-state index in [2.05, 4.69) is 5.32 Å². The molecule has 0 aliphatic rings. The van der Waals surface area contributed by atoms with Crippen LogP contribution in [0, 0.1) is 5.92 Å². The van der Waals surface area contributed by atoms with Crippen LogP contribution in [0.2, 0.25) is 5.02 Å². The second-order valence-electron chi connectivity index (χ2n) is 4.38. The smallest absolute Gasteiger partial charge is 0.391 e. The number of hydrogen-bond donors (Lipinski definition) is 2. The summed E-state index contributed by atoms with van der Waals surface area (Å²) in [5, 5.41) is 12.2. The van der Waals surface area contributed by atoms with Crippen molar-refractivity contribution in [1.82, 2.24) is 0 Å². The number of rotatable bonds is 4. The van der Waals surface area contributed by atoms with Gasteiger partial charge in [-0.25, -0.2) is 0 Å². The second kappa shape index (κ2) is 5.80. The van der Waals surface area contributed by atoms with Gasteiger partial charge >= 0.3 is 6.18 Å². The fourth-order valence-corrected chi connectivity index (χ4v) is 1.53. The van der Waals surface area contributed by atoms with Gasteiger partial charge in [0.15, 0.2) is 0 Å². The average Bonchev–Trinajstić information content (AvgIpc) is 2.25. The van der Waals surface area contributed by atoms with Crippen LogP contribution in [0.4, 0.5) is 18.9 Å². The first-order valence-electron chi connectivity index (χ1n) is 5.50. The molecule has 0 aliphatic carbocycles. The number of aliphatic hydroxyl groups excluding tert-OH is 1. The first-order chi connectivity index (χ1) is 8.21. The molecule has 0 fully saturated rings. The maximum absolute atomic E-state index is 12.8. The Morgan fingerprint density at radius 1 is 1.33 bits per heavy atom. The summed E-state index contributed by atoms with van der Waals surface area (Å²) in [6.07, 6.45) is -5.18. The molecule has 1 rings (SSSR count). The molecule has 102 valence electrons. The zero-order valence-electron chi connectivity index (χ0n) is 10.1. The molecule has 0 aliphatic heterocycles. The number of nitrogens with one attached hydrogen (secondary N) is 1. The van der Waals surface area contributed by atoms with Crippen molar-refractivity contribution in [3.63, 3.8) is 0 Å². The molecule has 0 aromatic heterocycles. The normalized spacial score (nSPS) is 13.8. The Labute approximate surface area is 109 Å². The summed E-state index contributed by atoms with van der Waals surface area (Å²) in [6.45, 7) is 3.64. The Bertz CT molecular complexity index is 407. The Morgan fingerprint density at radius 2 is 1.94 bits per heavy atom. The molecule has 0 heterocycles. The lowest BCUT2D eigenvalue weighted by Gasteiger charge is -2.19. The van der Waals surface area contributed by atoms with Crippen molar-refractivity contribution in [2.45, 2.75) is 26.1 Å². The van der Waals surface area contributed by atoms with Gasteiger partial charge in [-0.1, -0.05) is 25.4 Å². The number of anilines is 1. The van der Waals surface area contributed by atoms with E-state index in [4.69, 9.17) is 11.6 Å². The van der Waals surface area contributed by atoms with E-state index in [0.717, 1.165) is 6.07 Å². The lowest BCUT2D eigenvalue weighted by Crippen LogP contribution is -2.25. The maximum Gasteiger partial charge on any atom is 0.418 e. The highest BCUT2D eigenvalue weighted by Crippen LogP contribution is 2.36. The molecule has 0 radical (unpaired) electrons. The Kier molecular flexibility index (Phi) is 4.87. The van der Waals surface area contributed by atoms with Crippen LogP contribution in [-0.2, 0) is 6.18 Å². The first-order valence-corrected chi connectivity index (χ1v) is 5.88. The van der Waals surface area contributed by atoms with Crippen molar-refractivity contribution in [2.75, 3.05) is 11.9 Å². The number of halogens is 4. The van der Waals surface area contributed by atoms with E-state index in [1.54, 1.807) is 13.8 Å². The summed E-state index contributed by atoms with van der Waals surface area (Å²) >= 11 is 5.56. The van der Waals surface area contributed by atoms with Gasteiger partial charge < -0.3 is 10.4 Å². The maximum atomic E-state index is 12.8. The average molecular weight is 282 g/mol. The summed E-state index contributed by atoms with van der Waals surface area (Å²) < 4.78 is 38.3. The molecule has 1 atom stereocenters. The summed E-state index contributed by atoms with van der Waals surface area (Å²) in [7, 11) is 0. The van der Waals surface area contributed by atoms with E-state index < -0.39 is 17.8 Å². The van der Waals surface area contributed by atoms with E-state index in [-0.39, 0.29) is 23.2 Å². The minimum Gasteiger partial charge on any atom is -0.391 e. The van der Waals surface area contributed by atoms with E-state index in [1.165, 1.54) is 12.1 Å². The molecule has 0 amide bonds. The third-order valence-corrected chi connectivity index (χ3v) is 2.79. The van der Waals surface area contributed by atoms with Gasteiger partial charge in [-0.05, 0) is 24.1 Å². The van der Waals surface area contributed by atoms with Crippen LogP contribution >= 0.6 is 11.6 Å². The molecule has 0 saturated heterocycles. The Morgan fingerprint density at radius 3 is 2.44 bits per heavy atom. The van der Waals surface area contributed by atoms with Crippen LogP contribution in [0.3, 0.4) is 0 Å². The molecule has 0 saturated carbocycles. The highest BCUT2D eigenvalue weighted by atomic mass is 35.5. The third-order valence-electron chi connectivity index (χ3n) is 2.56. The summed E-state index contributed by atoms with van der Waals surface area (Å²) in [5.41, 5.74) is -0.905. The van der Waals surface area contributed by atoms with Crippen LogP contribution in [0.1, 0.15) is 19.4 Å². The monoisotopic (exact) mass is 281 g/mol. The summed E-state index contributed by atoms with van der Waals surface area (Å²) in [6, 6.07) is 3.50. The van der Waals surface area contributed by atoms with Crippen molar-refractivity contribution in [3.05, 3.63) is 28.8 Å². The van der Waals surface area contributed by atoms with Crippen molar-refractivity contribution in [1.29, 1.82) is 0 Å². The van der Waals surface area contributed by atoms with Crippen molar-refractivity contribution in [3.8, 4) is 0 Å². The molecular weight excluding hydrogens is 267 g/mol. The topological polar surface area (TPSA) is 32.3 Å². The summed E-state index contributed by atoms with van der Waals surface area (Å²) in [5.74, 6) is -0.0286. The van der Waals surface area contributed by atoms with Crippen LogP contribution in [0.25, 0.3) is 0 Å². The molecule has 1 aromatic rings. The van der Waals surface area contributed by atoms with E-state index >= 15 is 0 Å². The van der Waals surface area contributed by atoms with Gasteiger partial charge in [-0.2, -0.15) is 13.2 Å². The predicted molar refractivity (Wildman–Crippen MR) is 65.8 cm³/mol. The highest BCUT2D eigenvalue weighted by molar-refractivity contribution is 6.30. The zero-order chi connectivity index (χ0) is 13.9. The molecule has 2 nitrogen and oxygen atoms in total. The van der Waals surface area contributed by atoms with E-state index in [9.17, 15) is 18.3 Å². The van der Waals surface area contributed by atoms with Crippen molar-refractivity contribution in [2.24, 2.45) is 5.92 Å². The highest BCUT2D eigenvalue weighted by Gasteiger charge is 2.33. The SMILES string of the molecule is CC(C)C(O)CNc1ccc(Cl)cc1C(F)(F)F. The molecular formula is C12H15ClF3NO. The van der Waals surface area contributed by atoms with Gasteiger partial charge in [0.05, 0.1) is 11.7 Å². The summed E-state index contributed by atoms with van der Waals surface area (Å²) in [4.78, 5) is 0. The molecule has 0 spiro atoms. The molecule has 0 bridgehead atoms. The fourth-order valence-electron chi connectivity index (χ4n) is 1.36. The lowest BCUT2D eigenvalue weighted by atomic mass is 10.1. The van der Waals surface area contributed by atoms with Gasteiger partial charge in [0, 0.05) is 17.3 Å². The van der Waals surface area contributed by atoms with Gasteiger partial charge in [-0.3, -0.25) is 0 Å². The molecule has 2 N–H and O–H groups in total. The lowest BCUT2D eigenvalue weighted by molar-refractivity contribution is -0.137. The van der Waals surface area contributed by atoms with Gasteiger partial charge in [-0.15, -0.1) is 0 Å². The van der Waals surface area contributed by atoms with E-state index in [0.29, 0.717) is 0 Å². The van der Waals surface area contributed by atoms with E-state index in [1.807, 2.05) is 0 Å². The van der Waals surface area contributed by atoms with Crippen LogP contribution in [-0.4, -0.2) is 17.8 Å². The van der Waals surface area contributed by atoms with Crippen LogP contribution < -0.4 is 5.32 Å². The van der Waals surface area contributed by atoms with Crippen molar-refractivity contribution < 1.29 is 18.3 Å². The van der Waals surface area contributed by atoms with Gasteiger partial charge in [0.2, 0.25) is 0 Å². The predicted octanol–water partition coefficient (Wildman–Crippen LogP) is 3.79. The van der Waals surface area contributed by atoms with Gasteiger partial charge in [0.25, 0.3) is 0 Å². The van der Waals surface area contributed by atoms with Crippen LogP contribution in [0.5, 0.6) is 0 Å². The molecule has 1 unspecified atom stereocenters. The quantitative estimate of drug-likeness (QED) is 0.880. The molecule has 1 aromatic carbocycles. The number of hydrogen-bond acceptors (Lipinski definition) is 2. The Balaban J connectivity index is 2.89. The molecule has 6 heteroatoms. The first kappa shape index (κ1) is 15.1. The molecule has 18 heavy (non-hydrogen) atoms. The largest absolute Gasteiger partial charge is 0.418 e. The Hall–Kier alpha value is -0.940. The number of aliphatic hydroxyl groups is 1. The minimum atomic E-state index is -4.48. The second-order valence-corrected chi connectivity index (χ2v) is 4.82. The fraction of sp³-hybridized carbons (Fsp3) is 0.500. The van der Waals surface area contributed by atoms with Crippen molar-refractivity contribution >= 4 is 17.3 Å². The van der Waals surface area contributed by atoms with Crippen LogP contribution in [0.15, 0.2) is 18.2 Å². The number of benzene rings is 1. The number of alkyl halides is 3. The van der Waals surface area contributed by atoms with Gasteiger partial charge in [0.1, 0.15) is 0 Å². The standard InChI is InChI=1S/C12H15ClF3NO/c1-7(2)11(18)6-17-10-4-3-8(13)5-9(10)12(14,15)16/h3-5,7,11,17-18H,6H2,1-2H3.